The molecule has 2 unspecified atom stereocenters. The Labute approximate surface area is 294 Å². The van der Waals surface area contributed by atoms with Gasteiger partial charge in [0.2, 0.25) is 6.04 Å². The number of benzene rings is 4. The minimum atomic E-state index is -1.36. The quantitative estimate of drug-likeness (QED) is 0.110. The predicted molar refractivity (Wildman–Crippen MR) is 188 cm³/mol. The van der Waals surface area contributed by atoms with Crippen LogP contribution in [0.2, 0.25) is 20.1 Å². The van der Waals surface area contributed by atoms with E-state index in [9.17, 15) is 19.8 Å². The fourth-order valence-electron chi connectivity index (χ4n) is 4.51. The Morgan fingerprint density at radius 2 is 1.69 bits per heavy atom. The molecule has 0 saturated heterocycles. The van der Waals surface area contributed by atoms with Gasteiger partial charge < -0.3 is 31.3 Å². The maximum Gasteiger partial charge on any atom is 0.282 e. The van der Waals surface area contributed by atoms with Crippen LogP contribution < -0.4 is 26.1 Å². The van der Waals surface area contributed by atoms with Crippen LogP contribution in [0.15, 0.2) is 82.1 Å². The molecule has 1 aliphatic rings. The number of hydrazone groups is 1. The molecule has 2 atom stereocenters. The van der Waals surface area contributed by atoms with Crippen molar-refractivity contribution in [1.82, 2.24) is 0 Å². The molecule has 0 saturated carbocycles. The van der Waals surface area contributed by atoms with Crippen molar-refractivity contribution in [3.63, 3.8) is 0 Å². The Morgan fingerprint density at radius 1 is 0.979 bits per heavy atom. The number of nitrogens with two attached hydrogens (primary N) is 1. The Hall–Kier alpha value is -4.59. The second-order valence-electron chi connectivity index (χ2n) is 10.6. The predicted octanol–water partition coefficient (Wildman–Crippen LogP) is 7.60. The number of ether oxygens (including phenoxy) is 1. The highest BCUT2D eigenvalue weighted by Gasteiger charge is 2.40. The lowest BCUT2D eigenvalue weighted by Crippen LogP contribution is -2.39. The number of hydrogen-bond acceptors (Lipinski definition) is 10. The van der Waals surface area contributed by atoms with Gasteiger partial charge >= 0.3 is 0 Å². The van der Waals surface area contributed by atoms with Gasteiger partial charge in [-0.25, -0.2) is 0 Å². The summed E-state index contributed by atoms with van der Waals surface area (Å²) >= 11 is 25.4. The van der Waals surface area contributed by atoms with Gasteiger partial charge in [-0.05, 0) is 85.6 Å². The zero-order valence-corrected chi connectivity index (χ0v) is 28.2. The number of nitrogens with one attached hydrogen (secondary N) is 2. The monoisotopic (exact) mass is 729 g/mol. The SMILES string of the molecule is Cc1ccc(O)c(/N=N/C2C(=O)N(c3c(Cl)cc(Cl)cc3Cl)N=C2Nc2cc(NC(=O)C(CN)Oc3ccc(O)c(C)c3)ccc2Cl)c1. The number of nitrogens with zero attached hydrogens (tertiary/aromatic N) is 4. The number of hydrogen-bond donors (Lipinski definition) is 5. The molecule has 48 heavy (non-hydrogen) atoms. The number of azo groups is 1. The number of phenols is 2. The van der Waals surface area contributed by atoms with Crippen molar-refractivity contribution >= 4 is 86.8 Å². The summed E-state index contributed by atoms with van der Waals surface area (Å²) in [4.78, 5) is 26.9. The average molecular weight is 731 g/mol. The third-order valence-electron chi connectivity index (χ3n) is 6.96. The molecule has 12 nitrogen and oxygen atoms in total. The minimum Gasteiger partial charge on any atom is -0.508 e. The number of halogens is 4. The summed E-state index contributed by atoms with van der Waals surface area (Å²) in [7, 11) is 0. The van der Waals surface area contributed by atoms with E-state index in [0.717, 1.165) is 10.6 Å². The first-order valence-corrected chi connectivity index (χ1v) is 15.7. The number of phenolic OH excluding ortho intramolecular Hbond substituents is 2. The zero-order valence-electron chi connectivity index (χ0n) is 25.2. The lowest BCUT2D eigenvalue weighted by Gasteiger charge is -2.18. The number of anilines is 3. The molecule has 0 radical (unpaired) electrons. The number of carbonyl (C=O) groups excluding carboxylic acids is 2. The van der Waals surface area contributed by atoms with Gasteiger partial charge in [0.15, 0.2) is 11.9 Å². The molecule has 6 N–H and O–H groups in total. The lowest BCUT2D eigenvalue weighted by atomic mass is 10.2. The largest absolute Gasteiger partial charge is 0.508 e. The minimum absolute atomic E-state index is 0.0192. The molecule has 4 aromatic rings. The van der Waals surface area contributed by atoms with E-state index >= 15 is 0 Å². The smallest absolute Gasteiger partial charge is 0.282 e. The van der Waals surface area contributed by atoms with Crippen LogP contribution in [0.5, 0.6) is 17.2 Å². The summed E-state index contributed by atoms with van der Waals surface area (Å²) in [6.07, 6.45) is -1.07. The summed E-state index contributed by atoms with van der Waals surface area (Å²) < 4.78 is 5.76. The van der Waals surface area contributed by atoms with Gasteiger partial charge in [-0.2, -0.15) is 15.2 Å². The Bertz CT molecular complexity index is 1950. The third-order valence-corrected chi connectivity index (χ3v) is 8.09. The van der Waals surface area contributed by atoms with E-state index in [2.05, 4.69) is 26.0 Å². The van der Waals surface area contributed by atoms with Gasteiger partial charge in [0.05, 0.1) is 20.8 Å². The van der Waals surface area contributed by atoms with Crippen LogP contribution in [-0.4, -0.2) is 46.6 Å². The Kier molecular flexibility index (Phi) is 10.6. The Morgan fingerprint density at radius 3 is 2.38 bits per heavy atom. The first kappa shape index (κ1) is 34.7. The van der Waals surface area contributed by atoms with Crippen molar-refractivity contribution in [2.24, 2.45) is 21.1 Å². The zero-order chi connectivity index (χ0) is 34.7. The van der Waals surface area contributed by atoms with Gasteiger partial charge in [-0.15, -0.1) is 5.10 Å². The van der Waals surface area contributed by atoms with Crippen molar-refractivity contribution in [2.75, 3.05) is 22.2 Å². The van der Waals surface area contributed by atoms with Crippen molar-refractivity contribution in [3.05, 3.63) is 97.9 Å². The van der Waals surface area contributed by atoms with Gasteiger partial charge in [-0.3, -0.25) is 9.59 Å². The number of carbonyl (C=O) groups is 2. The number of amidine groups is 1. The number of rotatable bonds is 9. The maximum absolute atomic E-state index is 13.7. The van der Waals surface area contributed by atoms with E-state index in [1.807, 2.05) is 6.92 Å². The van der Waals surface area contributed by atoms with Crippen LogP contribution in [-0.2, 0) is 9.59 Å². The van der Waals surface area contributed by atoms with Gasteiger partial charge in [-0.1, -0.05) is 52.5 Å². The molecule has 0 fully saturated rings. The second-order valence-corrected chi connectivity index (χ2v) is 12.2. The summed E-state index contributed by atoms with van der Waals surface area (Å²) in [5.74, 6) is -0.948. The van der Waals surface area contributed by atoms with E-state index in [-0.39, 0.29) is 61.0 Å². The van der Waals surface area contributed by atoms with Gasteiger partial charge in [0.1, 0.15) is 28.6 Å². The first-order chi connectivity index (χ1) is 22.8. The van der Waals surface area contributed by atoms with Crippen LogP contribution in [0.3, 0.4) is 0 Å². The third kappa shape index (κ3) is 7.75. The molecule has 0 aliphatic carbocycles. The highest BCUT2D eigenvalue weighted by Crippen LogP contribution is 2.39. The molecule has 2 amide bonds. The molecule has 0 aromatic heterocycles. The van der Waals surface area contributed by atoms with E-state index in [1.165, 1.54) is 42.5 Å². The molecular weight excluding hydrogens is 704 g/mol. The van der Waals surface area contributed by atoms with Crippen LogP contribution in [0.25, 0.3) is 0 Å². The van der Waals surface area contributed by atoms with Crippen LogP contribution >= 0.6 is 46.4 Å². The van der Waals surface area contributed by atoms with Gasteiger partial charge in [0.25, 0.3) is 11.8 Å². The van der Waals surface area contributed by atoms with Crippen molar-refractivity contribution in [2.45, 2.75) is 26.0 Å². The van der Waals surface area contributed by atoms with Crippen molar-refractivity contribution in [3.8, 4) is 17.2 Å². The fraction of sp³-hybridized carbons (Fsp3) is 0.156. The van der Waals surface area contributed by atoms with Crippen LogP contribution in [0, 0.1) is 13.8 Å². The average Bonchev–Trinajstić information content (AvgIpc) is 3.32. The molecule has 5 rings (SSSR count). The topological polar surface area (TPSA) is 174 Å². The van der Waals surface area contributed by atoms with E-state index in [0.29, 0.717) is 17.0 Å². The number of aromatic hydroxyl groups is 2. The van der Waals surface area contributed by atoms with E-state index < -0.39 is 24.0 Å². The molecule has 16 heteroatoms. The number of aryl methyl sites for hydroxylation is 2. The normalized spacial score (nSPS) is 15.1. The molecule has 248 valence electrons. The van der Waals surface area contributed by atoms with E-state index in [4.69, 9.17) is 56.9 Å². The van der Waals surface area contributed by atoms with E-state index in [1.54, 1.807) is 31.2 Å². The van der Waals surface area contributed by atoms with Crippen molar-refractivity contribution < 1.29 is 24.5 Å². The molecule has 0 spiro atoms. The summed E-state index contributed by atoms with van der Waals surface area (Å²) in [5.41, 5.74) is 7.95. The lowest BCUT2D eigenvalue weighted by molar-refractivity contribution is -0.122. The second kappa shape index (κ2) is 14.7. The summed E-state index contributed by atoms with van der Waals surface area (Å²) in [6, 6.07) is 15.4. The highest BCUT2D eigenvalue weighted by atomic mass is 35.5. The highest BCUT2D eigenvalue weighted by molar-refractivity contribution is 6.43. The van der Waals surface area contributed by atoms with Crippen LogP contribution in [0.1, 0.15) is 11.1 Å². The maximum atomic E-state index is 13.7. The van der Waals surface area contributed by atoms with Crippen molar-refractivity contribution in [1.29, 1.82) is 0 Å². The fourth-order valence-corrected chi connectivity index (χ4v) is 5.65. The Balaban J connectivity index is 1.44. The summed E-state index contributed by atoms with van der Waals surface area (Å²) in [6.45, 7) is 3.36. The summed E-state index contributed by atoms with van der Waals surface area (Å²) in [5, 5.41) is 40.1. The molecule has 1 aliphatic heterocycles. The van der Waals surface area contributed by atoms with Gasteiger partial charge in [0, 0.05) is 17.3 Å². The molecule has 0 bridgehead atoms. The molecule has 1 heterocycles. The molecular formula is C32H27Cl4N7O5. The molecule has 4 aromatic carbocycles. The standard InChI is InChI=1S/C32H27Cl4N7O5/c1-15-3-7-26(45)24(9-15)40-41-28-30(42-43(32(28)47)29-21(35)11-17(33)12-22(29)36)39-23-13-18(4-6-20(23)34)38-31(46)27(14-37)48-19-5-8-25(44)16(2)10-19/h3-13,27-28,44-45H,14,37H2,1-2H3,(H,38,46)(H,39,42)/b41-40+. The van der Waals surface area contributed by atoms with Crippen LogP contribution in [0.4, 0.5) is 22.7 Å². The number of amides is 2. The first-order valence-electron chi connectivity index (χ1n) is 14.2.